The van der Waals surface area contributed by atoms with E-state index in [1.165, 1.54) is 11.3 Å². The van der Waals surface area contributed by atoms with E-state index >= 15 is 0 Å². The van der Waals surface area contributed by atoms with Gasteiger partial charge >= 0.3 is 0 Å². The van der Waals surface area contributed by atoms with Gasteiger partial charge in [0, 0.05) is 12.2 Å². The molecule has 1 heterocycles. The number of ether oxygens (including phenoxy) is 1. The summed E-state index contributed by atoms with van der Waals surface area (Å²) in [6.45, 7) is 8.47. The van der Waals surface area contributed by atoms with Crippen LogP contribution in [0.4, 0.5) is 5.69 Å². The second kappa shape index (κ2) is 7.95. The maximum Gasteiger partial charge on any atom is 0.115 e. The Labute approximate surface area is 122 Å². The normalized spacial score (nSPS) is 18.1. The average molecular weight is 274 g/mol. The predicted molar refractivity (Wildman–Crippen MR) is 84.8 cm³/mol. The third-order valence-electron chi connectivity index (χ3n) is 3.85. The van der Waals surface area contributed by atoms with Crippen LogP contribution in [0.3, 0.4) is 0 Å². The van der Waals surface area contributed by atoms with Crippen molar-refractivity contribution >= 4 is 5.69 Å². The first-order valence-electron chi connectivity index (χ1n) is 7.68. The highest BCUT2D eigenvalue weighted by molar-refractivity contribution is 5.51. The first-order valence-corrected chi connectivity index (χ1v) is 7.68. The van der Waals surface area contributed by atoms with Crippen LogP contribution in [0.25, 0.3) is 0 Å². The van der Waals surface area contributed by atoms with Crippen LogP contribution >= 0.6 is 0 Å². The fourth-order valence-corrected chi connectivity index (χ4v) is 2.48. The number of nitrogens with one attached hydrogen (secondary N) is 1. The Bertz CT molecular complexity index is 427. The Morgan fingerprint density at radius 2 is 2.05 bits per heavy atom. The molecule has 1 aromatic carbocycles. The SMILES string of the molecule is CCN(CC)Cc1ccccc1NCC1CCC=CO1. The molecule has 20 heavy (non-hydrogen) atoms. The van der Waals surface area contributed by atoms with E-state index in [1.54, 1.807) is 0 Å². The summed E-state index contributed by atoms with van der Waals surface area (Å²) in [5.41, 5.74) is 2.60. The number of anilines is 1. The largest absolute Gasteiger partial charge is 0.497 e. The zero-order valence-corrected chi connectivity index (χ0v) is 12.6. The van der Waals surface area contributed by atoms with Gasteiger partial charge in [-0.1, -0.05) is 32.0 Å². The minimum atomic E-state index is 0.293. The van der Waals surface area contributed by atoms with E-state index in [-0.39, 0.29) is 0 Å². The molecular weight excluding hydrogens is 248 g/mol. The van der Waals surface area contributed by atoms with E-state index in [1.807, 2.05) is 6.26 Å². The van der Waals surface area contributed by atoms with Crippen molar-refractivity contribution in [3.63, 3.8) is 0 Å². The quantitative estimate of drug-likeness (QED) is 0.821. The lowest BCUT2D eigenvalue weighted by molar-refractivity contribution is 0.135. The second-order valence-electron chi connectivity index (χ2n) is 5.21. The maximum atomic E-state index is 5.61. The highest BCUT2D eigenvalue weighted by Crippen LogP contribution is 2.18. The van der Waals surface area contributed by atoms with Crippen LogP contribution in [-0.2, 0) is 11.3 Å². The van der Waals surface area contributed by atoms with Gasteiger partial charge in [0.2, 0.25) is 0 Å². The first-order chi connectivity index (χ1) is 9.83. The summed E-state index contributed by atoms with van der Waals surface area (Å²) in [6, 6.07) is 8.58. The third-order valence-corrected chi connectivity index (χ3v) is 3.85. The molecule has 1 aromatic rings. The van der Waals surface area contributed by atoms with Gasteiger partial charge in [-0.25, -0.2) is 0 Å². The monoisotopic (exact) mass is 274 g/mol. The van der Waals surface area contributed by atoms with Crippen LogP contribution in [0.5, 0.6) is 0 Å². The maximum absolute atomic E-state index is 5.61. The van der Waals surface area contributed by atoms with Crippen LogP contribution < -0.4 is 5.32 Å². The topological polar surface area (TPSA) is 24.5 Å². The Kier molecular flexibility index (Phi) is 5.93. The summed E-state index contributed by atoms with van der Waals surface area (Å²) in [6.07, 6.45) is 6.43. The van der Waals surface area contributed by atoms with Crippen molar-refractivity contribution in [1.82, 2.24) is 4.90 Å². The van der Waals surface area contributed by atoms with E-state index in [0.717, 1.165) is 39.0 Å². The van der Waals surface area contributed by atoms with Crippen molar-refractivity contribution in [3.05, 3.63) is 42.2 Å². The number of rotatable bonds is 7. The molecule has 0 amide bonds. The Morgan fingerprint density at radius 1 is 1.25 bits per heavy atom. The van der Waals surface area contributed by atoms with Gasteiger partial charge in [-0.2, -0.15) is 0 Å². The van der Waals surface area contributed by atoms with Crippen LogP contribution in [0.2, 0.25) is 0 Å². The summed E-state index contributed by atoms with van der Waals surface area (Å²) in [5.74, 6) is 0. The average Bonchev–Trinajstić information content (AvgIpc) is 2.52. The van der Waals surface area contributed by atoms with Crippen molar-refractivity contribution in [2.75, 3.05) is 25.0 Å². The van der Waals surface area contributed by atoms with E-state index in [2.05, 4.69) is 54.4 Å². The van der Waals surface area contributed by atoms with Crippen molar-refractivity contribution in [2.24, 2.45) is 0 Å². The number of hydrogen-bond acceptors (Lipinski definition) is 3. The molecule has 0 aromatic heterocycles. The van der Waals surface area contributed by atoms with Crippen LogP contribution in [-0.4, -0.2) is 30.6 Å². The fraction of sp³-hybridized carbons (Fsp3) is 0.529. The Morgan fingerprint density at radius 3 is 2.75 bits per heavy atom. The van der Waals surface area contributed by atoms with Gasteiger partial charge in [-0.15, -0.1) is 0 Å². The molecule has 0 fully saturated rings. The molecule has 3 nitrogen and oxygen atoms in total. The molecule has 3 heteroatoms. The third kappa shape index (κ3) is 4.27. The zero-order valence-electron chi connectivity index (χ0n) is 12.6. The van der Waals surface area contributed by atoms with Crippen molar-refractivity contribution < 1.29 is 4.74 Å². The van der Waals surface area contributed by atoms with Crippen molar-refractivity contribution in [1.29, 1.82) is 0 Å². The number of allylic oxidation sites excluding steroid dienone is 1. The fourth-order valence-electron chi connectivity index (χ4n) is 2.48. The summed E-state index contributed by atoms with van der Waals surface area (Å²) in [5, 5.41) is 3.55. The standard InChI is InChI=1S/C17H26N2O/c1-3-19(4-2)14-15-9-5-6-11-17(15)18-13-16-10-7-8-12-20-16/h5-6,8-9,11-12,16,18H,3-4,7,10,13-14H2,1-2H3. The lowest BCUT2D eigenvalue weighted by Gasteiger charge is -2.23. The molecule has 0 saturated carbocycles. The van der Waals surface area contributed by atoms with E-state index in [9.17, 15) is 0 Å². The minimum Gasteiger partial charge on any atom is -0.497 e. The predicted octanol–water partition coefficient (Wildman–Crippen LogP) is 3.63. The van der Waals surface area contributed by atoms with Gasteiger partial charge in [-0.05, 0) is 43.6 Å². The number of nitrogens with zero attached hydrogens (tertiary/aromatic N) is 1. The van der Waals surface area contributed by atoms with Crippen LogP contribution in [0, 0.1) is 0 Å². The molecule has 1 N–H and O–H groups in total. The molecule has 0 aliphatic carbocycles. The Balaban J connectivity index is 1.94. The second-order valence-corrected chi connectivity index (χ2v) is 5.21. The summed E-state index contributed by atoms with van der Waals surface area (Å²) in [4.78, 5) is 2.43. The lowest BCUT2D eigenvalue weighted by Crippen LogP contribution is -2.25. The van der Waals surface area contributed by atoms with Gasteiger partial charge in [0.1, 0.15) is 6.10 Å². The van der Waals surface area contributed by atoms with Crippen LogP contribution in [0.1, 0.15) is 32.3 Å². The minimum absolute atomic E-state index is 0.293. The van der Waals surface area contributed by atoms with Gasteiger partial charge in [0.15, 0.2) is 0 Å². The molecule has 0 spiro atoms. The van der Waals surface area contributed by atoms with Gasteiger partial charge in [0.05, 0.1) is 12.8 Å². The van der Waals surface area contributed by atoms with E-state index < -0.39 is 0 Å². The molecule has 110 valence electrons. The molecule has 1 atom stereocenters. The zero-order chi connectivity index (χ0) is 14.2. The van der Waals surface area contributed by atoms with E-state index in [4.69, 9.17) is 4.74 Å². The summed E-state index contributed by atoms with van der Waals surface area (Å²) in [7, 11) is 0. The van der Waals surface area contributed by atoms with Gasteiger partial charge < -0.3 is 10.1 Å². The smallest absolute Gasteiger partial charge is 0.115 e. The molecule has 0 saturated heterocycles. The number of benzene rings is 1. The van der Waals surface area contributed by atoms with Gasteiger partial charge in [0.25, 0.3) is 0 Å². The first kappa shape index (κ1) is 14.9. The summed E-state index contributed by atoms with van der Waals surface area (Å²) >= 11 is 0. The molecular formula is C17H26N2O. The number of para-hydroxylation sites is 1. The van der Waals surface area contributed by atoms with Crippen LogP contribution in [0.15, 0.2) is 36.6 Å². The van der Waals surface area contributed by atoms with Crippen molar-refractivity contribution in [3.8, 4) is 0 Å². The molecule has 1 aliphatic rings. The Hall–Kier alpha value is -1.48. The summed E-state index contributed by atoms with van der Waals surface area (Å²) < 4.78 is 5.61. The van der Waals surface area contributed by atoms with E-state index in [0.29, 0.717) is 6.10 Å². The molecule has 1 aliphatic heterocycles. The molecule has 1 unspecified atom stereocenters. The number of hydrogen-bond donors (Lipinski definition) is 1. The highest BCUT2D eigenvalue weighted by Gasteiger charge is 2.12. The molecule has 0 radical (unpaired) electrons. The lowest BCUT2D eigenvalue weighted by atomic mass is 10.1. The van der Waals surface area contributed by atoms with Gasteiger partial charge in [-0.3, -0.25) is 4.90 Å². The molecule has 0 bridgehead atoms. The highest BCUT2D eigenvalue weighted by atomic mass is 16.5. The molecule has 2 rings (SSSR count). The van der Waals surface area contributed by atoms with Crippen molar-refractivity contribution in [2.45, 2.75) is 39.3 Å².